The lowest BCUT2D eigenvalue weighted by molar-refractivity contribution is 0.242. The Balaban J connectivity index is 2.05. The molecule has 0 radical (unpaired) electrons. The van der Waals surface area contributed by atoms with Gasteiger partial charge in [-0.2, -0.15) is 0 Å². The number of sulfonamides is 1. The van der Waals surface area contributed by atoms with Crippen molar-refractivity contribution in [1.82, 2.24) is 9.71 Å². The molecule has 0 amide bonds. The second kappa shape index (κ2) is 6.11. The van der Waals surface area contributed by atoms with Crippen molar-refractivity contribution in [2.24, 2.45) is 0 Å². The zero-order chi connectivity index (χ0) is 14.6. The fourth-order valence-corrected chi connectivity index (χ4v) is 2.72. The third-order valence-electron chi connectivity index (χ3n) is 2.63. The summed E-state index contributed by atoms with van der Waals surface area (Å²) in [4.78, 5) is 3.11. The van der Waals surface area contributed by atoms with Crippen molar-refractivity contribution in [1.29, 1.82) is 0 Å². The monoisotopic (exact) mass is 294 g/mol. The normalized spacial score (nSPS) is 11.8. The van der Waals surface area contributed by atoms with E-state index in [1.165, 1.54) is 12.1 Å². The second-order valence-electron chi connectivity index (χ2n) is 4.68. The maximum atomic E-state index is 12.1. The van der Waals surface area contributed by atoms with E-state index >= 15 is 0 Å². The molecule has 0 spiro atoms. The van der Waals surface area contributed by atoms with Gasteiger partial charge >= 0.3 is 0 Å². The SMILES string of the molecule is CC(C)Oc1ccc(S(=O)(=O)NCc2cc[nH]c2)cc1. The third-order valence-corrected chi connectivity index (χ3v) is 4.05. The molecular formula is C14H18N2O3S. The number of rotatable bonds is 6. The lowest BCUT2D eigenvalue weighted by Gasteiger charge is -2.10. The number of aromatic nitrogens is 1. The minimum absolute atomic E-state index is 0.0594. The first-order chi connectivity index (χ1) is 9.47. The van der Waals surface area contributed by atoms with Gasteiger partial charge in [-0.3, -0.25) is 0 Å². The number of benzene rings is 1. The zero-order valence-corrected chi connectivity index (χ0v) is 12.3. The van der Waals surface area contributed by atoms with E-state index in [1.54, 1.807) is 24.5 Å². The van der Waals surface area contributed by atoms with Gasteiger partial charge in [0.2, 0.25) is 10.0 Å². The molecule has 0 fully saturated rings. The predicted molar refractivity (Wildman–Crippen MR) is 77.0 cm³/mol. The Morgan fingerprint density at radius 3 is 2.45 bits per heavy atom. The van der Waals surface area contributed by atoms with Crippen molar-refractivity contribution in [3.63, 3.8) is 0 Å². The van der Waals surface area contributed by atoms with Crippen molar-refractivity contribution in [3.05, 3.63) is 48.3 Å². The molecule has 0 aliphatic carbocycles. The lowest BCUT2D eigenvalue weighted by Crippen LogP contribution is -2.23. The zero-order valence-electron chi connectivity index (χ0n) is 11.5. The van der Waals surface area contributed by atoms with Crippen LogP contribution in [0, 0.1) is 0 Å². The van der Waals surface area contributed by atoms with Crippen LogP contribution in [-0.4, -0.2) is 19.5 Å². The van der Waals surface area contributed by atoms with E-state index in [1.807, 2.05) is 19.9 Å². The molecule has 0 saturated heterocycles. The molecule has 0 aliphatic rings. The minimum Gasteiger partial charge on any atom is -0.491 e. The quantitative estimate of drug-likeness (QED) is 0.858. The number of hydrogen-bond acceptors (Lipinski definition) is 3. The second-order valence-corrected chi connectivity index (χ2v) is 6.45. The van der Waals surface area contributed by atoms with Gasteiger partial charge in [-0.05, 0) is 49.7 Å². The van der Waals surface area contributed by atoms with Crippen LogP contribution in [0.3, 0.4) is 0 Å². The van der Waals surface area contributed by atoms with Crippen molar-refractivity contribution >= 4 is 10.0 Å². The fourth-order valence-electron chi connectivity index (χ4n) is 1.70. The van der Waals surface area contributed by atoms with Crippen molar-refractivity contribution < 1.29 is 13.2 Å². The van der Waals surface area contributed by atoms with Crippen molar-refractivity contribution in [2.75, 3.05) is 0 Å². The first kappa shape index (κ1) is 14.6. The van der Waals surface area contributed by atoms with Crippen LogP contribution in [0.4, 0.5) is 0 Å². The van der Waals surface area contributed by atoms with Crippen LogP contribution < -0.4 is 9.46 Å². The Hall–Kier alpha value is -1.79. The molecule has 20 heavy (non-hydrogen) atoms. The number of ether oxygens (including phenoxy) is 1. The average Bonchev–Trinajstić information content (AvgIpc) is 2.89. The first-order valence-electron chi connectivity index (χ1n) is 6.35. The van der Waals surface area contributed by atoms with E-state index in [2.05, 4.69) is 9.71 Å². The molecule has 0 unspecified atom stereocenters. The average molecular weight is 294 g/mol. The molecule has 0 saturated carbocycles. The molecular weight excluding hydrogens is 276 g/mol. The van der Waals surface area contributed by atoms with E-state index in [-0.39, 0.29) is 17.5 Å². The number of aromatic amines is 1. The Morgan fingerprint density at radius 2 is 1.90 bits per heavy atom. The summed E-state index contributed by atoms with van der Waals surface area (Å²) >= 11 is 0. The summed E-state index contributed by atoms with van der Waals surface area (Å²) in [6, 6.07) is 8.21. The summed E-state index contributed by atoms with van der Waals surface area (Å²) in [5.74, 6) is 0.657. The van der Waals surface area contributed by atoms with Gasteiger partial charge < -0.3 is 9.72 Å². The van der Waals surface area contributed by atoms with E-state index < -0.39 is 10.0 Å². The summed E-state index contributed by atoms with van der Waals surface area (Å²) in [6.45, 7) is 4.10. The molecule has 1 aromatic heterocycles. The van der Waals surface area contributed by atoms with Crippen molar-refractivity contribution in [3.8, 4) is 5.75 Å². The van der Waals surface area contributed by atoms with Crippen LogP contribution in [-0.2, 0) is 16.6 Å². The van der Waals surface area contributed by atoms with E-state index in [0.717, 1.165) is 5.56 Å². The van der Waals surface area contributed by atoms with Gasteiger partial charge in [-0.15, -0.1) is 0 Å². The topological polar surface area (TPSA) is 71.2 Å². The number of H-pyrrole nitrogens is 1. The minimum atomic E-state index is -3.50. The molecule has 0 bridgehead atoms. The third kappa shape index (κ3) is 3.85. The molecule has 2 rings (SSSR count). The maximum Gasteiger partial charge on any atom is 0.240 e. The Labute approximate surface area is 119 Å². The van der Waals surface area contributed by atoms with Crippen LogP contribution in [0.15, 0.2) is 47.6 Å². The summed E-state index contributed by atoms with van der Waals surface area (Å²) < 4.78 is 32.2. The largest absolute Gasteiger partial charge is 0.491 e. The van der Waals surface area contributed by atoms with Crippen LogP contribution in [0.2, 0.25) is 0 Å². The Morgan fingerprint density at radius 1 is 1.20 bits per heavy atom. The predicted octanol–water partition coefficient (Wildman–Crippen LogP) is 2.28. The highest BCUT2D eigenvalue weighted by molar-refractivity contribution is 7.89. The Kier molecular flexibility index (Phi) is 4.46. The van der Waals surface area contributed by atoms with Gasteiger partial charge in [0.25, 0.3) is 0 Å². The summed E-state index contributed by atoms with van der Waals surface area (Å²) in [5, 5.41) is 0. The van der Waals surface area contributed by atoms with Crippen LogP contribution >= 0.6 is 0 Å². The van der Waals surface area contributed by atoms with Gasteiger partial charge in [0.15, 0.2) is 0 Å². The first-order valence-corrected chi connectivity index (χ1v) is 7.84. The van der Waals surface area contributed by atoms with Crippen LogP contribution in [0.1, 0.15) is 19.4 Å². The van der Waals surface area contributed by atoms with Gasteiger partial charge in [0.05, 0.1) is 11.0 Å². The molecule has 1 aromatic carbocycles. The highest BCUT2D eigenvalue weighted by atomic mass is 32.2. The molecule has 108 valence electrons. The van der Waals surface area contributed by atoms with E-state index in [9.17, 15) is 8.42 Å². The van der Waals surface area contributed by atoms with Crippen molar-refractivity contribution in [2.45, 2.75) is 31.4 Å². The molecule has 2 N–H and O–H groups in total. The highest BCUT2D eigenvalue weighted by Crippen LogP contribution is 2.17. The number of hydrogen-bond donors (Lipinski definition) is 2. The standard InChI is InChI=1S/C14H18N2O3S/c1-11(2)19-13-3-5-14(6-4-13)20(17,18)16-10-12-7-8-15-9-12/h3-9,11,15-16H,10H2,1-2H3. The van der Waals surface area contributed by atoms with Crippen LogP contribution in [0.25, 0.3) is 0 Å². The molecule has 0 aliphatic heterocycles. The van der Waals surface area contributed by atoms with Gasteiger partial charge in [0, 0.05) is 18.9 Å². The van der Waals surface area contributed by atoms with E-state index in [0.29, 0.717) is 5.75 Å². The molecule has 6 heteroatoms. The fraction of sp³-hybridized carbons (Fsp3) is 0.286. The van der Waals surface area contributed by atoms with Crippen LogP contribution in [0.5, 0.6) is 5.75 Å². The maximum absolute atomic E-state index is 12.1. The molecule has 5 nitrogen and oxygen atoms in total. The Bertz CT molecular complexity index is 632. The molecule has 0 atom stereocenters. The van der Waals surface area contributed by atoms with E-state index in [4.69, 9.17) is 4.74 Å². The summed E-state index contributed by atoms with van der Waals surface area (Å²) in [5.41, 5.74) is 0.883. The summed E-state index contributed by atoms with van der Waals surface area (Å²) in [6.07, 6.45) is 3.56. The highest BCUT2D eigenvalue weighted by Gasteiger charge is 2.13. The summed E-state index contributed by atoms with van der Waals surface area (Å²) in [7, 11) is -3.50. The van der Waals surface area contributed by atoms with Gasteiger partial charge in [-0.25, -0.2) is 13.1 Å². The molecule has 1 heterocycles. The molecule has 2 aromatic rings. The smallest absolute Gasteiger partial charge is 0.240 e. The number of nitrogens with one attached hydrogen (secondary N) is 2. The lowest BCUT2D eigenvalue weighted by atomic mass is 10.3. The van der Waals surface area contributed by atoms with Gasteiger partial charge in [0.1, 0.15) is 5.75 Å². The van der Waals surface area contributed by atoms with Gasteiger partial charge in [-0.1, -0.05) is 0 Å².